The average molecular weight is 474 g/mol. The van der Waals surface area contributed by atoms with Crippen LogP contribution in [0.15, 0.2) is 52.4 Å². The molecular weight excluding hydrogens is 449 g/mol. The van der Waals surface area contributed by atoms with E-state index in [-0.39, 0.29) is 39.0 Å². The molecule has 0 saturated heterocycles. The zero-order valence-corrected chi connectivity index (χ0v) is 19.1. The lowest BCUT2D eigenvalue weighted by molar-refractivity contribution is 0.0777. The molecule has 2 amide bonds. The first-order valence-electron chi connectivity index (χ1n) is 9.96. The van der Waals surface area contributed by atoms with Crippen LogP contribution < -0.4 is 11.5 Å². The van der Waals surface area contributed by atoms with Gasteiger partial charge in [-0.2, -0.15) is 0 Å². The second-order valence-electron chi connectivity index (χ2n) is 7.78. The van der Waals surface area contributed by atoms with Crippen molar-refractivity contribution in [2.75, 3.05) is 12.8 Å². The molecule has 5 N–H and O–H groups in total. The van der Waals surface area contributed by atoms with Crippen molar-refractivity contribution in [2.24, 2.45) is 5.73 Å². The quantitative estimate of drug-likeness (QED) is 0.479. The van der Waals surface area contributed by atoms with Gasteiger partial charge < -0.3 is 21.4 Å². The summed E-state index contributed by atoms with van der Waals surface area (Å²) in [5, 5.41) is 0. The van der Waals surface area contributed by atoms with Crippen LogP contribution in [0.4, 0.5) is 10.2 Å². The monoisotopic (exact) mass is 473 g/mol. The molecule has 11 heteroatoms. The molecule has 3 aromatic rings. The van der Waals surface area contributed by atoms with Gasteiger partial charge in [0.25, 0.3) is 11.8 Å². The van der Waals surface area contributed by atoms with Crippen LogP contribution in [0.5, 0.6) is 0 Å². The molecule has 3 rings (SSSR count). The third-order valence-corrected chi connectivity index (χ3v) is 6.96. The van der Waals surface area contributed by atoms with Crippen LogP contribution in [-0.2, 0) is 16.4 Å². The second-order valence-corrected chi connectivity index (χ2v) is 9.67. The summed E-state index contributed by atoms with van der Waals surface area (Å²) >= 11 is 0. The van der Waals surface area contributed by atoms with Crippen LogP contribution in [0.25, 0.3) is 0 Å². The Hall–Kier alpha value is -3.73. The number of amides is 2. The summed E-state index contributed by atoms with van der Waals surface area (Å²) in [5.74, 6) is -3.20. The standard InChI is InChI=1S/C22H24FN5O4S/c1-12(2)15-17(22(30)28(3)11-13-9-10-26-20(24)16(13)23)27-18(21(25)29)19(15)33(31,32)14-7-5-4-6-8-14/h4-10,12,27H,11H2,1-3H3,(H2,24,26)(H2,25,29). The molecule has 0 unspecified atom stereocenters. The highest BCUT2D eigenvalue weighted by Crippen LogP contribution is 2.35. The Morgan fingerprint density at radius 1 is 1.15 bits per heavy atom. The number of nitrogens with zero attached hydrogens (tertiary/aromatic N) is 2. The van der Waals surface area contributed by atoms with Gasteiger partial charge in [-0.05, 0) is 24.1 Å². The van der Waals surface area contributed by atoms with E-state index in [0.29, 0.717) is 0 Å². The number of carbonyl (C=O) groups is 2. The van der Waals surface area contributed by atoms with E-state index in [1.807, 2.05) is 0 Å². The highest BCUT2D eigenvalue weighted by Gasteiger charge is 2.35. The average Bonchev–Trinajstić information content (AvgIpc) is 3.19. The third kappa shape index (κ3) is 4.44. The van der Waals surface area contributed by atoms with Crippen molar-refractivity contribution >= 4 is 27.5 Å². The number of hydrogen-bond donors (Lipinski definition) is 3. The number of nitrogens with two attached hydrogens (primary N) is 2. The van der Waals surface area contributed by atoms with Gasteiger partial charge in [0.2, 0.25) is 9.84 Å². The van der Waals surface area contributed by atoms with Gasteiger partial charge in [0.15, 0.2) is 11.6 Å². The molecule has 174 valence electrons. The Morgan fingerprint density at radius 3 is 2.36 bits per heavy atom. The lowest BCUT2D eigenvalue weighted by Crippen LogP contribution is -2.28. The number of nitrogens with one attached hydrogen (secondary N) is 1. The maximum atomic E-state index is 14.3. The fourth-order valence-electron chi connectivity index (χ4n) is 3.53. The van der Waals surface area contributed by atoms with Crippen molar-refractivity contribution in [1.82, 2.24) is 14.9 Å². The largest absolute Gasteiger partial charge is 0.381 e. The Balaban J connectivity index is 2.15. The number of carbonyl (C=O) groups excluding carboxylic acids is 2. The first-order valence-corrected chi connectivity index (χ1v) is 11.4. The number of primary amides is 1. The van der Waals surface area contributed by atoms with E-state index in [4.69, 9.17) is 11.5 Å². The molecule has 0 bridgehead atoms. The second kappa shape index (κ2) is 9.02. The van der Waals surface area contributed by atoms with Crippen LogP contribution in [0.1, 0.15) is 51.9 Å². The van der Waals surface area contributed by atoms with Gasteiger partial charge in [-0.1, -0.05) is 32.0 Å². The van der Waals surface area contributed by atoms with E-state index in [0.717, 1.165) is 0 Å². The Bertz CT molecular complexity index is 1320. The topological polar surface area (TPSA) is 152 Å². The minimum atomic E-state index is -4.19. The van der Waals surface area contributed by atoms with Gasteiger partial charge in [-0.25, -0.2) is 17.8 Å². The molecule has 0 aliphatic carbocycles. The summed E-state index contributed by atoms with van der Waals surface area (Å²) in [6.45, 7) is 3.22. The van der Waals surface area contributed by atoms with E-state index in [1.54, 1.807) is 32.0 Å². The zero-order valence-electron chi connectivity index (χ0n) is 18.3. The lowest BCUT2D eigenvalue weighted by atomic mass is 10.0. The SMILES string of the molecule is CC(C)c1c(C(=O)N(C)Cc2ccnc(N)c2F)[nH]c(C(N)=O)c1S(=O)(=O)c1ccccc1. The highest BCUT2D eigenvalue weighted by atomic mass is 32.2. The van der Waals surface area contributed by atoms with E-state index in [1.165, 1.54) is 36.3 Å². The number of aromatic amines is 1. The number of anilines is 1. The highest BCUT2D eigenvalue weighted by molar-refractivity contribution is 7.91. The third-order valence-electron chi connectivity index (χ3n) is 5.10. The van der Waals surface area contributed by atoms with Gasteiger partial charge in [0, 0.05) is 30.9 Å². The molecule has 0 spiro atoms. The van der Waals surface area contributed by atoms with Crippen molar-refractivity contribution in [1.29, 1.82) is 0 Å². The number of halogens is 1. The molecule has 2 heterocycles. The summed E-state index contributed by atoms with van der Waals surface area (Å²) in [4.78, 5) is 32.6. The Morgan fingerprint density at radius 2 is 1.79 bits per heavy atom. The number of benzene rings is 1. The predicted molar refractivity (Wildman–Crippen MR) is 120 cm³/mol. The first-order chi connectivity index (χ1) is 15.5. The summed E-state index contributed by atoms with van der Waals surface area (Å²) in [6, 6.07) is 8.92. The summed E-state index contributed by atoms with van der Waals surface area (Å²) in [7, 11) is -2.77. The number of aromatic nitrogens is 2. The Labute approximate surface area is 190 Å². The van der Waals surface area contributed by atoms with Gasteiger partial charge >= 0.3 is 0 Å². The summed E-state index contributed by atoms with van der Waals surface area (Å²) in [5.41, 5.74) is 10.7. The van der Waals surface area contributed by atoms with E-state index in [2.05, 4.69) is 9.97 Å². The molecule has 0 saturated carbocycles. The van der Waals surface area contributed by atoms with Gasteiger partial charge in [0.05, 0.1) is 4.90 Å². The lowest BCUT2D eigenvalue weighted by Gasteiger charge is -2.19. The van der Waals surface area contributed by atoms with Gasteiger partial charge in [-0.3, -0.25) is 9.59 Å². The summed E-state index contributed by atoms with van der Waals surface area (Å²) < 4.78 is 41.2. The normalized spacial score (nSPS) is 11.5. The maximum absolute atomic E-state index is 14.3. The molecule has 9 nitrogen and oxygen atoms in total. The van der Waals surface area contributed by atoms with Crippen molar-refractivity contribution < 1.29 is 22.4 Å². The smallest absolute Gasteiger partial charge is 0.270 e. The summed E-state index contributed by atoms with van der Waals surface area (Å²) in [6.07, 6.45) is 1.32. The number of pyridine rings is 1. The Kier molecular flexibility index (Phi) is 6.54. The molecule has 0 aliphatic rings. The van der Waals surface area contributed by atoms with Crippen molar-refractivity contribution in [3.8, 4) is 0 Å². The minimum absolute atomic E-state index is 0.0462. The van der Waals surface area contributed by atoms with Crippen LogP contribution >= 0.6 is 0 Å². The van der Waals surface area contributed by atoms with Crippen molar-refractivity contribution in [3.63, 3.8) is 0 Å². The van der Waals surface area contributed by atoms with Crippen molar-refractivity contribution in [3.05, 3.63) is 70.9 Å². The zero-order chi connectivity index (χ0) is 24.5. The fourth-order valence-corrected chi connectivity index (χ4v) is 5.33. The van der Waals surface area contributed by atoms with Crippen LogP contribution in [-0.4, -0.2) is 42.1 Å². The molecule has 2 aromatic heterocycles. The molecular formula is C22H24FN5O4S. The maximum Gasteiger partial charge on any atom is 0.270 e. The van der Waals surface area contributed by atoms with Crippen LogP contribution in [0, 0.1) is 5.82 Å². The number of hydrogen-bond acceptors (Lipinski definition) is 6. The molecule has 0 aliphatic heterocycles. The van der Waals surface area contributed by atoms with E-state index >= 15 is 0 Å². The van der Waals surface area contributed by atoms with Crippen molar-refractivity contribution in [2.45, 2.75) is 36.1 Å². The number of rotatable bonds is 7. The molecule has 33 heavy (non-hydrogen) atoms. The van der Waals surface area contributed by atoms with E-state index < -0.39 is 39.1 Å². The predicted octanol–water partition coefficient (Wildman–Crippen LogP) is 2.46. The fraction of sp³-hybridized carbons (Fsp3) is 0.227. The van der Waals surface area contributed by atoms with E-state index in [9.17, 15) is 22.4 Å². The first kappa shape index (κ1) is 23.9. The molecule has 1 aromatic carbocycles. The van der Waals surface area contributed by atoms with Gasteiger partial charge in [-0.15, -0.1) is 0 Å². The van der Waals surface area contributed by atoms with Gasteiger partial charge in [0.1, 0.15) is 16.3 Å². The minimum Gasteiger partial charge on any atom is -0.381 e. The van der Waals surface area contributed by atoms with Crippen LogP contribution in [0.2, 0.25) is 0 Å². The van der Waals surface area contributed by atoms with Crippen LogP contribution in [0.3, 0.4) is 0 Å². The molecule has 0 fully saturated rings. The molecule has 0 radical (unpaired) electrons. The number of nitrogen functional groups attached to an aromatic ring is 1. The number of H-pyrrole nitrogens is 1. The number of sulfone groups is 1. The molecule has 0 atom stereocenters.